The van der Waals surface area contributed by atoms with Crippen LogP contribution in [0.4, 0.5) is 0 Å². The number of nitrogens with one attached hydrogen (secondary N) is 2. The number of benzene rings is 1. The fraction of sp³-hybridized carbons (Fsp3) is 0.591. The Kier molecular flexibility index (Phi) is 4.87. The molecule has 2 aromatic rings. The molecule has 0 radical (unpaired) electrons. The van der Waals surface area contributed by atoms with Crippen molar-refractivity contribution >= 4 is 22.7 Å². The molecule has 154 valence electrons. The van der Waals surface area contributed by atoms with Gasteiger partial charge in [0.1, 0.15) is 0 Å². The van der Waals surface area contributed by atoms with Gasteiger partial charge < -0.3 is 10.2 Å². The standard InChI is InChI=1S/C22H29N5O2/c1-26-19-10-16(15-6-8-27(9-7-15)13-14-11-23-12-14)2-3-17(19)21(25-26)18-4-5-20(28)24-22(18)29/h2-3,10,14-15,18,23H,4-9,11-13H2,1H3,(H,24,28,29). The molecular weight excluding hydrogens is 366 g/mol. The number of rotatable bonds is 4. The number of nitrogens with zero attached hydrogens (tertiary/aromatic N) is 3. The van der Waals surface area contributed by atoms with Crippen molar-refractivity contribution in [2.45, 2.75) is 37.5 Å². The van der Waals surface area contributed by atoms with Gasteiger partial charge in [0.2, 0.25) is 11.8 Å². The van der Waals surface area contributed by atoms with Crippen molar-refractivity contribution in [3.05, 3.63) is 29.5 Å². The van der Waals surface area contributed by atoms with Crippen LogP contribution in [0.3, 0.4) is 0 Å². The number of piperidine rings is 2. The average molecular weight is 396 g/mol. The van der Waals surface area contributed by atoms with E-state index < -0.39 is 0 Å². The van der Waals surface area contributed by atoms with Gasteiger partial charge in [0.15, 0.2) is 0 Å². The Bertz CT molecular complexity index is 940. The van der Waals surface area contributed by atoms with E-state index in [4.69, 9.17) is 0 Å². The SMILES string of the molecule is Cn1nc(C2CCC(=O)NC2=O)c2ccc(C3CCN(CC4CNC4)CC3)cc21. The first-order chi connectivity index (χ1) is 14.1. The molecule has 3 aliphatic heterocycles. The van der Waals surface area contributed by atoms with Crippen molar-refractivity contribution in [2.75, 3.05) is 32.7 Å². The van der Waals surface area contributed by atoms with Gasteiger partial charge in [-0.05, 0) is 55.8 Å². The minimum absolute atomic E-state index is 0.186. The van der Waals surface area contributed by atoms with E-state index in [-0.39, 0.29) is 17.7 Å². The normalized spacial score (nSPS) is 24.7. The molecule has 3 saturated heterocycles. The van der Waals surface area contributed by atoms with Crippen molar-refractivity contribution in [3.8, 4) is 0 Å². The van der Waals surface area contributed by atoms with Gasteiger partial charge in [0.25, 0.3) is 0 Å². The maximum atomic E-state index is 12.3. The number of carbonyl (C=O) groups excluding carboxylic acids is 2. The summed E-state index contributed by atoms with van der Waals surface area (Å²) in [5, 5.41) is 11.5. The molecule has 1 atom stereocenters. The van der Waals surface area contributed by atoms with Crippen LogP contribution in [-0.4, -0.2) is 59.2 Å². The summed E-state index contributed by atoms with van der Waals surface area (Å²) in [7, 11) is 1.94. The van der Waals surface area contributed by atoms with Crippen LogP contribution in [0.25, 0.3) is 10.9 Å². The van der Waals surface area contributed by atoms with E-state index >= 15 is 0 Å². The third-order valence-electron chi connectivity index (χ3n) is 6.91. The summed E-state index contributed by atoms with van der Waals surface area (Å²) >= 11 is 0. The number of imide groups is 1. The van der Waals surface area contributed by atoms with Crippen molar-refractivity contribution in [1.82, 2.24) is 25.3 Å². The van der Waals surface area contributed by atoms with Crippen LogP contribution in [0.15, 0.2) is 18.2 Å². The fourth-order valence-corrected chi connectivity index (χ4v) is 5.06. The van der Waals surface area contributed by atoms with Crippen LogP contribution in [0.1, 0.15) is 48.8 Å². The first kappa shape index (κ1) is 18.8. The number of fused-ring (bicyclic) bond motifs is 1. The van der Waals surface area contributed by atoms with Gasteiger partial charge in [-0.15, -0.1) is 0 Å². The average Bonchev–Trinajstić information content (AvgIpc) is 3.01. The summed E-state index contributed by atoms with van der Waals surface area (Å²) in [5.74, 6) is 0.673. The monoisotopic (exact) mass is 395 g/mol. The molecule has 1 unspecified atom stereocenters. The Morgan fingerprint density at radius 3 is 2.62 bits per heavy atom. The van der Waals surface area contributed by atoms with Crippen LogP contribution < -0.4 is 10.6 Å². The molecule has 1 aromatic heterocycles. The molecule has 1 aromatic carbocycles. The first-order valence-corrected chi connectivity index (χ1v) is 10.8. The molecular formula is C22H29N5O2. The lowest BCUT2D eigenvalue weighted by Crippen LogP contribution is -2.49. The Morgan fingerprint density at radius 2 is 1.93 bits per heavy atom. The Hall–Kier alpha value is -2.25. The predicted octanol–water partition coefficient (Wildman–Crippen LogP) is 1.49. The number of hydrogen-bond acceptors (Lipinski definition) is 5. The molecule has 2 amide bonds. The lowest BCUT2D eigenvalue weighted by Gasteiger charge is -2.37. The smallest absolute Gasteiger partial charge is 0.235 e. The maximum Gasteiger partial charge on any atom is 0.235 e. The number of carbonyl (C=O) groups is 2. The number of amides is 2. The van der Waals surface area contributed by atoms with E-state index in [0.717, 1.165) is 22.5 Å². The van der Waals surface area contributed by atoms with Crippen LogP contribution in [-0.2, 0) is 16.6 Å². The maximum absolute atomic E-state index is 12.3. The quantitative estimate of drug-likeness (QED) is 0.767. The fourth-order valence-electron chi connectivity index (χ4n) is 5.06. The molecule has 4 heterocycles. The second kappa shape index (κ2) is 7.54. The van der Waals surface area contributed by atoms with E-state index in [2.05, 4.69) is 38.8 Å². The second-order valence-electron chi connectivity index (χ2n) is 8.89. The third kappa shape index (κ3) is 3.57. The molecule has 0 bridgehead atoms. The lowest BCUT2D eigenvalue weighted by molar-refractivity contribution is -0.134. The summed E-state index contributed by atoms with van der Waals surface area (Å²) < 4.78 is 1.89. The molecule has 0 saturated carbocycles. The van der Waals surface area contributed by atoms with Gasteiger partial charge in [0, 0.05) is 38.5 Å². The van der Waals surface area contributed by atoms with Crippen molar-refractivity contribution in [3.63, 3.8) is 0 Å². The molecule has 0 aliphatic carbocycles. The van der Waals surface area contributed by atoms with Crippen LogP contribution in [0, 0.1) is 5.92 Å². The third-order valence-corrected chi connectivity index (χ3v) is 6.91. The van der Waals surface area contributed by atoms with E-state index in [0.29, 0.717) is 18.8 Å². The Balaban J connectivity index is 1.33. The summed E-state index contributed by atoms with van der Waals surface area (Å²) in [6.45, 7) is 5.92. The van der Waals surface area contributed by atoms with Gasteiger partial charge >= 0.3 is 0 Å². The lowest BCUT2D eigenvalue weighted by atomic mass is 9.87. The van der Waals surface area contributed by atoms with Gasteiger partial charge in [-0.2, -0.15) is 5.10 Å². The zero-order valence-corrected chi connectivity index (χ0v) is 17.0. The predicted molar refractivity (Wildman–Crippen MR) is 111 cm³/mol. The van der Waals surface area contributed by atoms with Crippen molar-refractivity contribution in [2.24, 2.45) is 13.0 Å². The summed E-state index contributed by atoms with van der Waals surface area (Å²) in [6.07, 6.45) is 3.31. The topological polar surface area (TPSA) is 79.3 Å². The van der Waals surface area contributed by atoms with E-state index in [9.17, 15) is 9.59 Å². The van der Waals surface area contributed by atoms with Crippen LogP contribution >= 0.6 is 0 Å². The minimum atomic E-state index is -0.341. The van der Waals surface area contributed by atoms with E-state index in [1.807, 2.05) is 11.7 Å². The van der Waals surface area contributed by atoms with Gasteiger partial charge in [-0.3, -0.25) is 19.6 Å². The Morgan fingerprint density at radius 1 is 1.14 bits per heavy atom. The molecule has 7 nitrogen and oxygen atoms in total. The van der Waals surface area contributed by atoms with E-state index in [1.54, 1.807) is 0 Å². The van der Waals surface area contributed by atoms with E-state index in [1.165, 1.54) is 51.1 Å². The number of likely N-dealkylation sites (tertiary alicyclic amines) is 1. The first-order valence-electron chi connectivity index (χ1n) is 10.8. The molecule has 0 spiro atoms. The van der Waals surface area contributed by atoms with Gasteiger partial charge in [-0.25, -0.2) is 0 Å². The van der Waals surface area contributed by atoms with Gasteiger partial charge in [0.05, 0.1) is 17.1 Å². The number of aryl methyl sites for hydroxylation is 1. The zero-order chi connectivity index (χ0) is 20.0. The molecule has 3 aliphatic rings. The highest BCUT2D eigenvalue weighted by atomic mass is 16.2. The highest BCUT2D eigenvalue weighted by Crippen LogP contribution is 2.34. The number of hydrogen-bond donors (Lipinski definition) is 2. The molecule has 5 rings (SSSR count). The second-order valence-corrected chi connectivity index (χ2v) is 8.89. The minimum Gasteiger partial charge on any atom is -0.316 e. The van der Waals surface area contributed by atoms with Crippen LogP contribution in [0.2, 0.25) is 0 Å². The highest BCUT2D eigenvalue weighted by molar-refractivity contribution is 6.02. The summed E-state index contributed by atoms with van der Waals surface area (Å²) in [5.41, 5.74) is 3.24. The number of aromatic nitrogens is 2. The summed E-state index contributed by atoms with van der Waals surface area (Å²) in [4.78, 5) is 26.4. The molecule has 29 heavy (non-hydrogen) atoms. The Labute approximate surface area is 170 Å². The molecule has 7 heteroatoms. The van der Waals surface area contributed by atoms with Gasteiger partial charge in [-0.1, -0.05) is 12.1 Å². The molecule has 2 N–H and O–H groups in total. The summed E-state index contributed by atoms with van der Waals surface area (Å²) in [6, 6.07) is 6.60. The largest absolute Gasteiger partial charge is 0.316 e. The van der Waals surface area contributed by atoms with Crippen molar-refractivity contribution < 1.29 is 9.59 Å². The zero-order valence-electron chi connectivity index (χ0n) is 17.0. The van der Waals surface area contributed by atoms with Crippen molar-refractivity contribution in [1.29, 1.82) is 0 Å². The highest BCUT2D eigenvalue weighted by Gasteiger charge is 2.32. The molecule has 3 fully saturated rings. The van der Waals surface area contributed by atoms with Crippen LogP contribution in [0.5, 0.6) is 0 Å².